The maximum Gasteiger partial charge on any atom is 0.0406 e. The highest BCUT2D eigenvalue weighted by Gasteiger charge is 1.87. The molecule has 2 rings (SSSR count). The predicted octanol–water partition coefficient (Wildman–Crippen LogP) is 4.74. The largest absolute Gasteiger partial charge is 0.264 e. The van der Waals surface area contributed by atoms with Gasteiger partial charge in [-0.3, -0.25) is 4.99 Å². The summed E-state index contributed by atoms with van der Waals surface area (Å²) >= 11 is 5.81. The molecular weight excluding hydrogens is 242 g/mol. The Morgan fingerprint density at radius 1 is 0.889 bits per heavy atom. The molecule has 1 nitrogen and oxygen atoms in total. The second-order valence-corrected chi connectivity index (χ2v) is 4.49. The molecule has 0 spiro atoms. The maximum absolute atomic E-state index is 5.81. The molecule has 0 saturated carbocycles. The van der Waals surface area contributed by atoms with E-state index >= 15 is 0 Å². The summed E-state index contributed by atoms with van der Waals surface area (Å²) in [7, 11) is 0. The van der Waals surface area contributed by atoms with E-state index < -0.39 is 0 Å². The SMILES string of the molecule is Cc1ccc(C=N/C=C/c2ccc(Cl)cc2)cc1. The molecule has 0 saturated heterocycles. The van der Waals surface area contributed by atoms with Gasteiger partial charge in [-0.15, -0.1) is 0 Å². The third-order valence-electron chi connectivity index (χ3n) is 2.52. The van der Waals surface area contributed by atoms with Crippen LogP contribution in [0.15, 0.2) is 59.7 Å². The van der Waals surface area contributed by atoms with E-state index in [0.717, 1.165) is 16.1 Å². The van der Waals surface area contributed by atoms with Gasteiger partial charge in [0.2, 0.25) is 0 Å². The maximum atomic E-state index is 5.81. The summed E-state index contributed by atoms with van der Waals surface area (Å²) in [5, 5.41) is 0.746. The van der Waals surface area contributed by atoms with Crippen molar-refractivity contribution in [3.05, 3.63) is 76.4 Å². The molecule has 0 amide bonds. The van der Waals surface area contributed by atoms with Gasteiger partial charge in [-0.25, -0.2) is 0 Å². The lowest BCUT2D eigenvalue weighted by Gasteiger charge is -1.93. The summed E-state index contributed by atoms with van der Waals surface area (Å²) in [6.45, 7) is 2.07. The number of hydrogen-bond acceptors (Lipinski definition) is 1. The van der Waals surface area contributed by atoms with Crippen molar-refractivity contribution in [2.24, 2.45) is 4.99 Å². The lowest BCUT2D eigenvalue weighted by molar-refractivity contribution is 1.46. The van der Waals surface area contributed by atoms with Crippen LogP contribution in [0.4, 0.5) is 0 Å². The number of nitrogens with zero attached hydrogens (tertiary/aromatic N) is 1. The Bertz CT molecular complexity index is 497. The van der Waals surface area contributed by atoms with Crippen molar-refractivity contribution in [1.82, 2.24) is 0 Å². The minimum absolute atomic E-state index is 0.746. The minimum atomic E-state index is 0.746. The highest BCUT2D eigenvalue weighted by atomic mass is 35.5. The molecule has 0 aliphatic carbocycles. The highest BCUT2D eigenvalue weighted by Crippen LogP contribution is 2.10. The van der Waals surface area contributed by atoms with Crippen LogP contribution in [0.5, 0.6) is 0 Å². The third kappa shape index (κ3) is 3.86. The Balaban J connectivity index is 1.98. The molecule has 0 fully saturated rings. The van der Waals surface area contributed by atoms with Gasteiger partial charge in [0.15, 0.2) is 0 Å². The fourth-order valence-electron chi connectivity index (χ4n) is 1.48. The Hall–Kier alpha value is -1.86. The van der Waals surface area contributed by atoms with E-state index in [2.05, 4.69) is 36.2 Å². The van der Waals surface area contributed by atoms with E-state index in [-0.39, 0.29) is 0 Å². The molecule has 0 radical (unpaired) electrons. The third-order valence-corrected chi connectivity index (χ3v) is 2.78. The van der Waals surface area contributed by atoms with Gasteiger partial charge in [-0.1, -0.05) is 53.6 Å². The van der Waals surface area contributed by atoms with Gasteiger partial charge in [-0.2, -0.15) is 0 Å². The van der Waals surface area contributed by atoms with E-state index in [1.165, 1.54) is 5.56 Å². The number of rotatable bonds is 3. The molecule has 0 unspecified atom stereocenters. The molecule has 0 aliphatic heterocycles. The number of hydrogen-bond donors (Lipinski definition) is 0. The molecule has 2 aromatic carbocycles. The average molecular weight is 256 g/mol. The zero-order valence-electron chi connectivity index (χ0n) is 10.2. The first kappa shape index (κ1) is 12.6. The van der Waals surface area contributed by atoms with E-state index in [9.17, 15) is 0 Å². The van der Waals surface area contributed by atoms with Crippen LogP contribution < -0.4 is 0 Å². The van der Waals surface area contributed by atoms with E-state index in [1.807, 2.05) is 36.6 Å². The number of aliphatic imine (C=N–C) groups is 1. The van der Waals surface area contributed by atoms with Gasteiger partial charge in [0.05, 0.1) is 0 Å². The number of halogens is 1. The van der Waals surface area contributed by atoms with Crippen molar-refractivity contribution >= 4 is 23.9 Å². The summed E-state index contributed by atoms with van der Waals surface area (Å²) in [4.78, 5) is 4.25. The van der Waals surface area contributed by atoms with Crippen molar-refractivity contribution in [3.63, 3.8) is 0 Å². The Labute approximate surface area is 112 Å². The highest BCUT2D eigenvalue weighted by molar-refractivity contribution is 6.30. The van der Waals surface area contributed by atoms with Gasteiger partial charge in [0.1, 0.15) is 0 Å². The van der Waals surface area contributed by atoms with Gasteiger partial charge >= 0.3 is 0 Å². The first-order chi connectivity index (χ1) is 8.74. The van der Waals surface area contributed by atoms with Crippen LogP contribution in [0.1, 0.15) is 16.7 Å². The van der Waals surface area contributed by atoms with Crippen LogP contribution in [-0.4, -0.2) is 6.21 Å². The van der Waals surface area contributed by atoms with Crippen LogP contribution in [-0.2, 0) is 0 Å². The molecule has 0 heterocycles. The van der Waals surface area contributed by atoms with Gasteiger partial charge < -0.3 is 0 Å². The summed E-state index contributed by atoms with van der Waals surface area (Å²) in [5.41, 5.74) is 3.44. The molecule has 18 heavy (non-hydrogen) atoms. The Morgan fingerprint density at radius 2 is 1.50 bits per heavy atom. The topological polar surface area (TPSA) is 12.4 Å². The van der Waals surface area contributed by atoms with Crippen LogP contribution in [0.25, 0.3) is 6.08 Å². The van der Waals surface area contributed by atoms with Crippen LogP contribution in [0.2, 0.25) is 5.02 Å². The fourth-order valence-corrected chi connectivity index (χ4v) is 1.61. The lowest BCUT2D eigenvalue weighted by atomic mass is 10.2. The second kappa shape index (κ2) is 6.18. The minimum Gasteiger partial charge on any atom is -0.264 e. The summed E-state index contributed by atoms with van der Waals surface area (Å²) in [5.74, 6) is 0. The monoisotopic (exact) mass is 255 g/mol. The molecule has 2 heteroatoms. The van der Waals surface area contributed by atoms with Crippen LogP contribution >= 0.6 is 11.6 Å². The molecule has 0 aliphatic rings. The first-order valence-electron chi connectivity index (χ1n) is 5.76. The normalized spacial score (nSPS) is 11.4. The zero-order chi connectivity index (χ0) is 12.8. The number of benzene rings is 2. The predicted molar refractivity (Wildman–Crippen MR) is 79.3 cm³/mol. The molecular formula is C16H14ClN. The Kier molecular flexibility index (Phi) is 4.32. The molecule has 0 aromatic heterocycles. The summed E-state index contributed by atoms with van der Waals surface area (Å²) in [6.07, 6.45) is 5.57. The van der Waals surface area contributed by atoms with E-state index in [0.29, 0.717) is 0 Å². The Morgan fingerprint density at radius 3 is 2.17 bits per heavy atom. The van der Waals surface area contributed by atoms with E-state index in [4.69, 9.17) is 11.6 Å². The van der Waals surface area contributed by atoms with Crippen molar-refractivity contribution < 1.29 is 0 Å². The second-order valence-electron chi connectivity index (χ2n) is 4.06. The quantitative estimate of drug-likeness (QED) is 0.703. The van der Waals surface area contributed by atoms with Gasteiger partial charge in [0.25, 0.3) is 0 Å². The average Bonchev–Trinajstić information content (AvgIpc) is 2.39. The van der Waals surface area contributed by atoms with Crippen molar-refractivity contribution in [1.29, 1.82) is 0 Å². The molecule has 90 valence electrons. The molecule has 0 atom stereocenters. The van der Waals surface area contributed by atoms with Crippen LogP contribution in [0.3, 0.4) is 0 Å². The van der Waals surface area contributed by atoms with Gasteiger partial charge in [-0.05, 0) is 36.3 Å². The fraction of sp³-hybridized carbons (Fsp3) is 0.0625. The smallest absolute Gasteiger partial charge is 0.0406 e. The molecule has 0 bridgehead atoms. The summed E-state index contributed by atoms with van der Waals surface area (Å²) in [6, 6.07) is 15.9. The van der Waals surface area contributed by atoms with Crippen molar-refractivity contribution in [3.8, 4) is 0 Å². The molecule has 2 aromatic rings. The lowest BCUT2D eigenvalue weighted by Crippen LogP contribution is -1.79. The first-order valence-corrected chi connectivity index (χ1v) is 6.14. The zero-order valence-corrected chi connectivity index (χ0v) is 10.9. The van der Waals surface area contributed by atoms with Crippen molar-refractivity contribution in [2.75, 3.05) is 0 Å². The van der Waals surface area contributed by atoms with Gasteiger partial charge in [0, 0.05) is 17.4 Å². The standard InChI is InChI=1S/C16H14ClN/c1-13-2-4-15(5-3-13)12-18-11-10-14-6-8-16(17)9-7-14/h2-12H,1H3/b11-10+,18-12?. The van der Waals surface area contributed by atoms with Crippen LogP contribution in [0, 0.1) is 6.92 Å². The van der Waals surface area contributed by atoms with E-state index in [1.54, 1.807) is 6.20 Å². The molecule has 0 N–H and O–H groups in total. The van der Waals surface area contributed by atoms with Crippen molar-refractivity contribution in [2.45, 2.75) is 6.92 Å². The summed E-state index contributed by atoms with van der Waals surface area (Å²) < 4.78 is 0. The number of aryl methyl sites for hydroxylation is 1.